The highest BCUT2D eigenvalue weighted by Gasteiger charge is 2.16. The summed E-state index contributed by atoms with van der Waals surface area (Å²) in [6.07, 6.45) is 0. The van der Waals surface area contributed by atoms with Crippen LogP contribution >= 0.6 is 0 Å². The highest BCUT2D eigenvalue weighted by atomic mass is 16.7. The van der Waals surface area contributed by atoms with Gasteiger partial charge in [0.15, 0.2) is 23.0 Å². The largest absolute Gasteiger partial charge is 0.450 e. The van der Waals surface area contributed by atoms with E-state index in [0.29, 0.717) is 0 Å². The van der Waals surface area contributed by atoms with E-state index in [2.05, 4.69) is 0 Å². The first-order valence-electron chi connectivity index (χ1n) is 4.47. The Morgan fingerprint density at radius 2 is 0.786 bits per heavy atom. The molecule has 1 aliphatic rings. The van der Waals surface area contributed by atoms with Crippen molar-refractivity contribution in [1.82, 2.24) is 0 Å². The number of para-hydroxylation sites is 4. The molecule has 14 heavy (non-hydrogen) atoms. The summed E-state index contributed by atoms with van der Waals surface area (Å²) in [6, 6.07) is 15.3. The van der Waals surface area contributed by atoms with E-state index in [1.807, 2.05) is 48.5 Å². The first kappa shape index (κ1) is 7.44. The number of benzene rings is 2. The van der Waals surface area contributed by atoms with Crippen LogP contribution in [0, 0.1) is 0 Å². The SMILES string of the molecule is [13cH]1[13cH][13cH][13c]2[13c]([13cH]1)O[13c]1[13cH][13cH][13cH][13cH][13c]1O2. The van der Waals surface area contributed by atoms with E-state index in [9.17, 15) is 0 Å². The first-order valence-corrected chi connectivity index (χ1v) is 4.47. The maximum atomic E-state index is 5.65. The van der Waals surface area contributed by atoms with Gasteiger partial charge in [0, 0.05) is 0 Å². The molecule has 2 aromatic carbocycles. The van der Waals surface area contributed by atoms with Gasteiger partial charge in [-0.3, -0.25) is 0 Å². The minimum absolute atomic E-state index is 0.770. The molecule has 0 amide bonds. The van der Waals surface area contributed by atoms with Crippen LogP contribution in [-0.4, -0.2) is 0 Å². The van der Waals surface area contributed by atoms with E-state index in [4.69, 9.17) is 9.47 Å². The molecular weight excluding hydrogens is 188 g/mol. The lowest BCUT2D eigenvalue weighted by Crippen LogP contribution is -1.97. The molecule has 0 saturated heterocycles. The maximum Gasteiger partial charge on any atom is 0.170 e. The summed E-state index contributed by atoms with van der Waals surface area (Å²) in [7, 11) is 0. The van der Waals surface area contributed by atoms with Gasteiger partial charge in [0.05, 0.1) is 0 Å². The monoisotopic (exact) mass is 196 g/mol. The van der Waals surface area contributed by atoms with Crippen molar-refractivity contribution in [2.24, 2.45) is 0 Å². The maximum absolute atomic E-state index is 5.65. The molecule has 0 radical (unpaired) electrons. The molecule has 0 atom stereocenters. The van der Waals surface area contributed by atoms with Gasteiger partial charge in [0.2, 0.25) is 0 Å². The fraction of sp³-hybridized carbons (Fsp3) is 0. The summed E-state index contributed by atoms with van der Waals surface area (Å²) in [4.78, 5) is 0. The van der Waals surface area contributed by atoms with Crippen LogP contribution in [0.1, 0.15) is 0 Å². The molecule has 0 fully saturated rings. The average Bonchev–Trinajstić information content (AvgIpc) is 2.26. The molecule has 3 rings (SSSR count). The van der Waals surface area contributed by atoms with Crippen LogP contribution in [-0.2, 0) is 0 Å². The van der Waals surface area contributed by atoms with Crippen LogP contribution in [0.5, 0.6) is 23.0 Å². The van der Waals surface area contributed by atoms with Gasteiger partial charge in [0.1, 0.15) is 0 Å². The van der Waals surface area contributed by atoms with Crippen LogP contribution in [0.2, 0.25) is 0 Å². The van der Waals surface area contributed by atoms with Gasteiger partial charge in [-0.15, -0.1) is 0 Å². The Kier molecular flexibility index (Phi) is 1.47. The molecule has 0 spiro atoms. The highest BCUT2D eigenvalue weighted by Crippen LogP contribution is 2.44. The molecule has 2 nitrogen and oxygen atoms in total. The van der Waals surface area contributed by atoms with E-state index in [-0.39, 0.29) is 0 Å². The Hall–Kier alpha value is -1.96. The lowest BCUT2D eigenvalue weighted by molar-refractivity contribution is 0.359. The van der Waals surface area contributed by atoms with Crippen molar-refractivity contribution in [3.63, 3.8) is 0 Å². The molecule has 0 unspecified atom stereocenters. The molecule has 0 saturated carbocycles. The predicted octanol–water partition coefficient (Wildman–Crippen LogP) is 3.58. The van der Waals surface area contributed by atoms with Crippen LogP contribution < -0.4 is 9.47 Å². The number of hydrogen-bond donors (Lipinski definition) is 0. The van der Waals surface area contributed by atoms with Gasteiger partial charge in [0.25, 0.3) is 0 Å². The van der Waals surface area contributed by atoms with Gasteiger partial charge in [-0.25, -0.2) is 0 Å². The zero-order chi connectivity index (χ0) is 9.38. The van der Waals surface area contributed by atoms with Crippen LogP contribution in [0.15, 0.2) is 48.5 Å². The van der Waals surface area contributed by atoms with E-state index in [1.165, 1.54) is 0 Å². The molecule has 1 heterocycles. The average molecular weight is 196 g/mol. The first-order chi connectivity index (χ1) is 6.93. The molecule has 0 bridgehead atoms. The topological polar surface area (TPSA) is 18.5 Å². The van der Waals surface area contributed by atoms with Gasteiger partial charge in [-0.05, 0) is 24.3 Å². The molecular formula is C12H8O2. The fourth-order valence-electron chi connectivity index (χ4n) is 1.47. The van der Waals surface area contributed by atoms with Gasteiger partial charge >= 0.3 is 0 Å². The summed E-state index contributed by atoms with van der Waals surface area (Å²) in [5.74, 6) is 3.08. The second kappa shape index (κ2) is 2.77. The summed E-state index contributed by atoms with van der Waals surface area (Å²) in [5.41, 5.74) is 0. The molecule has 2 heteroatoms. The third kappa shape index (κ3) is 1.04. The van der Waals surface area contributed by atoms with Crippen molar-refractivity contribution < 1.29 is 9.47 Å². The lowest BCUT2D eigenvalue weighted by Gasteiger charge is -2.19. The third-order valence-electron chi connectivity index (χ3n) is 2.14. The zero-order valence-electron chi connectivity index (χ0n) is 7.44. The smallest absolute Gasteiger partial charge is 0.170 e. The normalized spacial score (nSPS) is 12.0. The number of fused-ring (bicyclic) bond motifs is 2. The molecule has 0 N–H and O–H groups in total. The van der Waals surface area contributed by atoms with Gasteiger partial charge < -0.3 is 9.47 Å². The highest BCUT2D eigenvalue weighted by molar-refractivity contribution is 5.53. The second-order valence-electron chi connectivity index (χ2n) is 3.10. The zero-order valence-corrected chi connectivity index (χ0v) is 7.44. The second-order valence-corrected chi connectivity index (χ2v) is 3.10. The Morgan fingerprint density at radius 1 is 0.500 bits per heavy atom. The quantitative estimate of drug-likeness (QED) is 0.547. The Labute approximate surface area is 81.7 Å². The fourth-order valence-corrected chi connectivity index (χ4v) is 1.47. The number of hydrogen-bond acceptors (Lipinski definition) is 2. The van der Waals surface area contributed by atoms with Gasteiger partial charge in [-0.1, -0.05) is 24.3 Å². The van der Waals surface area contributed by atoms with Crippen LogP contribution in [0.3, 0.4) is 0 Å². The Morgan fingerprint density at radius 3 is 1.07 bits per heavy atom. The summed E-state index contributed by atoms with van der Waals surface area (Å²) in [6.45, 7) is 0. The number of rotatable bonds is 0. The van der Waals surface area contributed by atoms with E-state index in [0.717, 1.165) is 23.0 Å². The molecule has 0 aliphatic carbocycles. The van der Waals surface area contributed by atoms with E-state index < -0.39 is 0 Å². The van der Waals surface area contributed by atoms with E-state index in [1.54, 1.807) is 0 Å². The van der Waals surface area contributed by atoms with Crippen molar-refractivity contribution in [2.75, 3.05) is 0 Å². The van der Waals surface area contributed by atoms with E-state index >= 15 is 0 Å². The third-order valence-corrected chi connectivity index (χ3v) is 2.14. The van der Waals surface area contributed by atoms with Crippen molar-refractivity contribution in [2.45, 2.75) is 0 Å². The van der Waals surface area contributed by atoms with Crippen molar-refractivity contribution in [3.05, 3.63) is 48.5 Å². The minimum atomic E-state index is 0.770. The molecule has 0 aromatic heterocycles. The van der Waals surface area contributed by atoms with Crippen molar-refractivity contribution in [3.8, 4) is 23.0 Å². The summed E-state index contributed by atoms with van der Waals surface area (Å²) < 4.78 is 11.3. The van der Waals surface area contributed by atoms with Crippen molar-refractivity contribution >= 4 is 0 Å². The van der Waals surface area contributed by atoms with Crippen LogP contribution in [0.4, 0.5) is 0 Å². The summed E-state index contributed by atoms with van der Waals surface area (Å²) in [5, 5.41) is 0. The Bertz CT molecular complexity index is 390. The molecule has 68 valence electrons. The predicted molar refractivity (Wildman–Crippen MR) is 53.0 cm³/mol. The Balaban J connectivity index is 2.12. The number of ether oxygens (including phenoxy) is 2. The minimum Gasteiger partial charge on any atom is -0.450 e. The molecule has 1 aliphatic heterocycles. The standard InChI is InChI=1S/C12H8O2/c1-2-6-10-9(5-1)13-11-7-3-4-8-12(11)14-10/h1-8H/i1+1,2+1,3+1,4+1,5+1,6+1,7+1,8+1,9+1,10+1,11+1,12+1. The van der Waals surface area contributed by atoms with Crippen molar-refractivity contribution in [1.29, 1.82) is 0 Å². The summed E-state index contributed by atoms with van der Waals surface area (Å²) >= 11 is 0. The van der Waals surface area contributed by atoms with Gasteiger partial charge in [-0.2, -0.15) is 0 Å². The molecule has 2 aromatic rings. The lowest BCUT2D eigenvalue weighted by atomic mass is 11.2. The van der Waals surface area contributed by atoms with Crippen LogP contribution in [0.25, 0.3) is 0 Å².